The van der Waals surface area contributed by atoms with Gasteiger partial charge in [0, 0.05) is 23.0 Å². The Kier molecular flexibility index (Phi) is 7.14. The molecule has 35 heavy (non-hydrogen) atoms. The van der Waals surface area contributed by atoms with Gasteiger partial charge in [-0.2, -0.15) is 0 Å². The molecule has 0 saturated heterocycles. The van der Waals surface area contributed by atoms with Crippen LogP contribution in [0.15, 0.2) is 126 Å². The molecule has 0 N–H and O–H groups in total. The second-order valence-electron chi connectivity index (χ2n) is 9.86. The van der Waals surface area contributed by atoms with E-state index in [4.69, 9.17) is 0 Å². The van der Waals surface area contributed by atoms with Crippen LogP contribution in [0.25, 0.3) is 6.08 Å². The summed E-state index contributed by atoms with van der Waals surface area (Å²) in [4.78, 5) is 2.37. The molecule has 0 radical (unpaired) electrons. The quantitative estimate of drug-likeness (QED) is 0.417. The van der Waals surface area contributed by atoms with E-state index in [0.717, 1.165) is 25.7 Å². The first-order valence-electron chi connectivity index (χ1n) is 12.9. The van der Waals surface area contributed by atoms with Gasteiger partial charge in [-0.15, -0.1) is 0 Å². The van der Waals surface area contributed by atoms with Crippen molar-refractivity contribution in [3.8, 4) is 0 Å². The fourth-order valence-corrected chi connectivity index (χ4v) is 4.97. The van der Waals surface area contributed by atoms with Crippen molar-refractivity contribution >= 4 is 17.5 Å². The van der Waals surface area contributed by atoms with Gasteiger partial charge in [0.15, 0.2) is 0 Å². The summed E-state index contributed by atoms with van der Waals surface area (Å²) in [5.41, 5.74) is 8.94. The molecule has 1 heteroatoms. The molecular formula is C34H35N. The van der Waals surface area contributed by atoms with Crippen molar-refractivity contribution < 1.29 is 0 Å². The number of benzene rings is 2. The highest BCUT2D eigenvalue weighted by atomic mass is 15.1. The maximum Gasteiger partial charge on any atom is 0.0461 e. The van der Waals surface area contributed by atoms with Crippen LogP contribution in [0.4, 0.5) is 11.4 Å². The Morgan fingerprint density at radius 2 is 1.57 bits per heavy atom. The number of hydrogen-bond acceptors (Lipinski definition) is 1. The van der Waals surface area contributed by atoms with Gasteiger partial charge in [0.1, 0.15) is 0 Å². The topological polar surface area (TPSA) is 3.24 Å². The Balaban J connectivity index is 1.48. The largest absolute Gasteiger partial charge is 0.311 e. The summed E-state index contributed by atoms with van der Waals surface area (Å²) in [5, 5.41) is 0. The molecule has 5 rings (SSSR count). The first kappa shape index (κ1) is 23.2. The lowest BCUT2D eigenvalue weighted by molar-refractivity contribution is 0.728. The van der Waals surface area contributed by atoms with E-state index in [1.54, 1.807) is 0 Å². The normalized spacial score (nSPS) is 21.6. The highest BCUT2D eigenvalue weighted by Gasteiger charge is 2.17. The molecule has 2 unspecified atom stereocenters. The molecule has 2 aromatic rings. The summed E-state index contributed by atoms with van der Waals surface area (Å²) in [7, 11) is 0. The van der Waals surface area contributed by atoms with Gasteiger partial charge in [0.05, 0.1) is 0 Å². The van der Waals surface area contributed by atoms with Crippen LogP contribution in [0, 0.1) is 18.8 Å². The summed E-state index contributed by atoms with van der Waals surface area (Å²) < 4.78 is 0. The van der Waals surface area contributed by atoms with Gasteiger partial charge in [0.25, 0.3) is 0 Å². The van der Waals surface area contributed by atoms with Crippen molar-refractivity contribution in [3.05, 3.63) is 137 Å². The third-order valence-corrected chi connectivity index (χ3v) is 7.03. The van der Waals surface area contributed by atoms with E-state index in [0.29, 0.717) is 11.8 Å². The van der Waals surface area contributed by atoms with Crippen LogP contribution in [-0.2, 0) is 0 Å². The van der Waals surface area contributed by atoms with Crippen LogP contribution in [-0.4, -0.2) is 0 Å². The second-order valence-corrected chi connectivity index (χ2v) is 9.86. The molecule has 176 valence electrons. The summed E-state index contributed by atoms with van der Waals surface area (Å²) >= 11 is 0. The minimum absolute atomic E-state index is 0.428. The Hall–Kier alpha value is -3.58. The summed E-state index contributed by atoms with van der Waals surface area (Å²) in [6.07, 6.45) is 29.7. The molecule has 2 aromatic carbocycles. The lowest BCUT2D eigenvalue weighted by Crippen LogP contribution is -2.17. The van der Waals surface area contributed by atoms with Crippen molar-refractivity contribution in [1.82, 2.24) is 0 Å². The van der Waals surface area contributed by atoms with E-state index >= 15 is 0 Å². The highest BCUT2D eigenvalue weighted by molar-refractivity contribution is 5.72. The third kappa shape index (κ3) is 5.57. The zero-order valence-electron chi connectivity index (χ0n) is 20.9. The minimum Gasteiger partial charge on any atom is -0.311 e. The van der Waals surface area contributed by atoms with Crippen molar-refractivity contribution in [2.24, 2.45) is 11.8 Å². The first-order valence-corrected chi connectivity index (χ1v) is 12.9. The molecule has 2 atom stereocenters. The third-order valence-electron chi connectivity index (χ3n) is 7.03. The molecule has 0 spiro atoms. The summed E-state index contributed by atoms with van der Waals surface area (Å²) in [6, 6.07) is 17.9. The van der Waals surface area contributed by atoms with Gasteiger partial charge in [-0.25, -0.2) is 0 Å². The van der Waals surface area contributed by atoms with E-state index < -0.39 is 0 Å². The zero-order chi connectivity index (χ0) is 24.0. The van der Waals surface area contributed by atoms with Crippen molar-refractivity contribution in [2.75, 3.05) is 4.90 Å². The van der Waals surface area contributed by atoms with Gasteiger partial charge < -0.3 is 4.90 Å². The summed E-state index contributed by atoms with van der Waals surface area (Å²) in [5.74, 6) is 1.02. The van der Waals surface area contributed by atoms with Gasteiger partial charge in [-0.1, -0.05) is 97.5 Å². The fraction of sp³-hybridized carbons (Fsp3) is 0.235. The Bertz CT molecular complexity index is 1240. The van der Waals surface area contributed by atoms with Gasteiger partial charge >= 0.3 is 0 Å². The molecule has 0 bridgehead atoms. The number of nitrogens with zero attached hydrogens (tertiary/aromatic N) is 1. The van der Waals surface area contributed by atoms with E-state index in [1.807, 2.05) is 0 Å². The smallest absolute Gasteiger partial charge is 0.0461 e. The van der Waals surface area contributed by atoms with E-state index in [2.05, 4.69) is 134 Å². The van der Waals surface area contributed by atoms with Gasteiger partial charge in [-0.05, 0) is 85.6 Å². The van der Waals surface area contributed by atoms with Gasteiger partial charge in [0.2, 0.25) is 0 Å². The molecular weight excluding hydrogens is 422 g/mol. The molecule has 3 aliphatic rings. The minimum atomic E-state index is 0.428. The predicted octanol–water partition coefficient (Wildman–Crippen LogP) is 9.41. The number of aryl methyl sites for hydroxylation is 1. The maximum atomic E-state index is 2.40. The van der Waals surface area contributed by atoms with Crippen LogP contribution in [0.1, 0.15) is 43.7 Å². The van der Waals surface area contributed by atoms with Crippen LogP contribution >= 0.6 is 0 Å². The lowest BCUT2D eigenvalue weighted by Gasteiger charge is -2.28. The maximum absolute atomic E-state index is 2.40. The molecule has 3 aliphatic carbocycles. The van der Waals surface area contributed by atoms with Crippen molar-refractivity contribution in [1.29, 1.82) is 0 Å². The molecule has 0 fully saturated rings. The summed E-state index contributed by atoms with van der Waals surface area (Å²) in [6.45, 7) is 4.41. The van der Waals surface area contributed by atoms with E-state index in [9.17, 15) is 0 Å². The number of allylic oxidation sites excluding steroid dienone is 12. The molecule has 0 heterocycles. The number of rotatable bonds is 6. The Morgan fingerprint density at radius 1 is 0.800 bits per heavy atom. The SMILES string of the molecule is Cc1ccc(N(C2=CCC(C)C=C2)c2ccc(/C=C(/C3=CCCC=C3)C3C=CC=CC3)cc2)cc1. The highest BCUT2D eigenvalue weighted by Crippen LogP contribution is 2.35. The average molecular weight is 458 g/mol. The van der Waals surface area contributed by atoms with Gasteiger partial charge in [-0.3, -0.25) is 0 Å². The Morgan fingerprint density at radius 3 is 2.20 bits per heavy atom. The van der Waals surface area contributed by atoms with Crippen molar-refractivity contribution in [3.63, 3.8) is 0 Å². The molecule has 0 amide bonds. The zero-order valence-corrected chi connectivity index (χ0v) is 20.9. The Labute approximate surface area is 210 Å². The standard InChI is InChI=1S/C34H35N/c1-26-13-19-31(20-14-26)35(32-21-15-27(2)16-22-32)33-23-17-28(18-24-33)25-34(29-9-5-3-6-10-29)30-11-7-4-8-12-30/h3,5-7,9,11-15,17-25,27,29H,4,8,10,16H2,1-2H3/b34-25+. The van der Waals surface area contributed by atoms with Crippen molar-refractivity contribution in [2.45, 2.75) is 39.5 Å². The number of hydrogen-bond donors (Lipinski definition) is 0. The average Bonchev–Trinajstić information content (AvgIpc) is 2.91. The molecule has 0 aromatic heterocycles. The van der Waals surface area contributed by atoms with E-state index in [-0.39, 0.29) is 0 Å². The van der Waals surface area contributed by atoms with Crippen LogP contribution in [0.3, 0.4) is 0 Å². The molecule has 0 aliphatic heterocycles. The fourth-order valence-electron chi connectivity index (χ4n) is 4.97. The predicted molar refractivity (Wildman–Crippen MR) is 152 cm³/mol. The molecule has 1 nitrogen and oxygen atoms in total. The van der Waals surface area contributed by atoms with Crippen LogP contribution < -0.4 is 4.90 Å². The second kappa shape index (κ2) is 10.8. The monoisotopic (exact) mass is 457 g/mol. The number of anilines is 2. The van der Waals surface area contributed by atoms with Crippen LogP contribution in [0.2, 0.25) is 0 Å². The van der Waals surface area contributed by atoms with E-state index in [1.165, 1.54) is 39.3 Å². The lowest BCUT2D eigenvalue weighted by atomic mass is 9.84. The van der Waals surface area contributed by atoms with Crippen LogP contribution in [0.5, 0.6) is 0 Å². The molecule has 0 saturated carbocycles. The first-order chi connectivity index (χ1) is 17.2.